The van der Waals surface area contributed by atoms with Crippen LogP contribution in [0.4, 0.5) is 10.5 Å². The molecule has 3 aromatic rings. The molecule has 1 aliphatic rings. The Labute approximate surface area is 215 Å². The highest BCUT2D eigenvalue weighted by molar-refractivity contribution is 9.10. The standard InChI is InChI=1S/C27H21BrN2O6/c1-3-35-23-15-17(6-13-22(23)36-26(33)18-7-4-16(2)5-8-18)14-21-24(31)29-27(34)30(25(21)32)20-11-9-19(28)10-12-20/h4-15H,3H2,1-2H3,(H,29,31,34)/b21-14+. The van der Waals surface area contributed by atoms with Crippen LogP contribution in [0.1, 0.15) is 28.4 Å². The van der Waals surface area contributed by atoms with Gasteiger partial charge >= 0.3 is 12.0 Å². The molecule has 0 aliphatic carbocycles. The van der Waals surface area contributed by atoms with E-state index >= 15 is 0 Å². The molecule has 0 saturated carbocycles. The average molecular weight is 549 g/mol. The smallest absolute Gasteiger partial charge is 0.343 e. The number of ether oxygens (including phenoxy) is 2. The molecule has 182 valence electrons. The number of anilines is 1. The topological polar surface area (TPSA) is 102 Å². The summed E-state index contributed by atoms with van der Waals surface area (Å²) in [5.41, 5.74) is 1.92. The van der Waals surface area contributed by atoms with E-state index in [0.717, 1.165) is 14.9 Å². The second-order valence-corrected chi connectivity index (χ2v) is 8.74. The van der Waals surface area contributed by atoms with E-state index in [1.807, 2.05) is 19.1 Å². The van der Waals surface area contributed by atoms with E-state index in [9.17, 15) is 19.2 Å². The lowest BCUT2D eigenvalue weighted by molar-refractivity contribution is -0.122. The number of rotatable bonds is 6. The van der Waals surface area contributed by atoms with Gasteiger partial charge in [0.1, 0.15) is 5.57 Å². The first kappa shape index (κ1) is 24.9. The van der Waals surface area contributed by atoms with Gasteiger partial charge in [-0.3, -0.25) is 14.9 Å². The second-order valence-electron chi connectivity index (χ2n) is 7.83. The maximum Gasteiger partial charge on any atom is 0.343 e. The minimum atomic E-state index is -0.835. The van der Waals surface area contributed by atoms with Crippen LogP contribution in [-0.4, -0.2) is 30.4 Å². The minimum absolute atomic E-state index is 0.190. The number of carbonyl (C=O) groups excluding carboxylic acids is 4. The van der Waals surface area contributed by atoms with Crippen LogP contribution < -0.4 is 19.7 Å². The van der Waals surface area contributed by atoms with Crippen molar-refractivity contribution in [3.05, 3.63) is 93.5 Å². The Morgan fingerprint density at radius 2 is 1.67 bits per heavy atom. The Balaban J connectivity index is 1.63. The highest BCUT2D eigenvalue weighted by atomic mass is 79.9. The van der Waals surface area contributed by atoms with E-state index in [4.69, 9.17) is 9.47 Å². The van der Waals surface area contributed by atoms with Gasteiger partial charge in [-0.1, -0.05) is 39.7 Å². The number of aryl methyl sites for hydroxylation is 1. The van der Waals surface area contributed by atoms with Gasteiger partial charge < -0.3 is 9.47 Å². The first-order valence-electron chi connectivity index (χ1n) is 11.0. The first-order chi connectivity index (χ1) is 17.3. The van der Waals surface area contributed by atoms with Gasteiger partial charge in [-0.2, -0.15) is 0 Å². The Morgan fingerprint density at radius 1 is 0.972 bits per heavy atom. The summed E-state index contributed by atoms with van der Waals surface area (Å²) >= 11 is 3.31. The van der Waals surface area contributed by atoms with E-state index in [-0.39, 0.29) is 17.1 Å². The highest BCUT2D eigenvalue weighted by Gasteiger charge is 2.36. The third-order valence-corrected chi connectivity index (χ3v) is 5.78. The molecule has 0 spiro atoms. The molecule has 1 N–H and O–H groups in total. The van der Waals surface area contributed by atoms with E-state index in [1.165, 1.54) is 12.1 Å². The number of nitrogens with one attached hydrogen (secondary N) is 1. The van der Waals surface area contributed by atoms with Gasteiger partial charge in [-0.25, -0.2) is 14.5 Å². The summed E-state index contributed by atoms with van der Waals surface area (Å²) in [7, 11) is 0. The largest absolute Gasteiger partial charge is 0.490 e. The van der Waals surface area contributed by atoms with Crippen molar-refractivity contribution in [1.82, 2.24) is 5.32 Å². The average Bonchev–Trinajstić information content (AvgIpc) is 2.85. The molecule has 1 fully saturated rings. The van der Waals surface area contributed by atoms with Crippen LogP contribution in [0.2, 0.25) is 0 Å². The monoisotopic (exact) mass is 548 g/mol. The molecule has 1 saturated heterocycles. The lowest BCUT2D eigenvalue weighted by Crippen LogP contribution is -2.54. The summed E-state index contributed by atoms with van der Waals surface area (Å²) in [6.07, 6.45) is 1.35. The van der Waals surface area contributed by atoms with Crippen molar-refractivity contribution in [2.24, 2.45) is 0 Å². The molecule has 0 bridgehead atoms. The number of hydrogen-bond acceptors (Lipinski definition) is 6. The summed E-state index contributed by atoms with van der Waals surface area (Å²) in [5, 5.41) is 2.19. The number of halogens is 1. The Morgan fingerprint density at radius 3 is 2.33 bits per heavy atom. The zero-order valence-corrected chi connectivity index (χ0v) is 21.0. The number of carbonyl (C=O) groups is 4. The normalized spacial score (nSPS) is 14.6. The molecular formula is C27H21BrN2O6. The minimum Gasteiger partial charge on any atom is -0.490 e. The van der Waals surface area contributed by atoms with Crippen molar-refractivity contribution in [3.63, 3.8) is 0 Å². The van der Waals surface area contributed by atoms with E-state index in [0.29, 0.717) is 23.4 Å². The van der Waals surface area contributed by atoms with Gasteiger partial charge in [-0.05, 0) is 74.0 Å². The van der Waals surface area contributed by atoms with Crippen LogP contribution in [0.15, 0.2) is 76.8 Å². The predicted octanol–water partition coefficient (Wildman–Crippen LogP) is 5.04. The van der Waals surface area contributed by atoms with E-state index in [1.54, 1.807) is 55.5 Å². The highest BCUT2D eigenvalue weighted by Crippen LogP contribution is 2.31. The zero-order chi connectivity index (χ0) is 25.8. The summed E-state index contributed by atoms with van der Waals surface area (Å²) in [6.45, 7) is 3.98. The Hall–Kier alpha value is -4.24. The quantitative estimate of drug-likeness (QED) is 0.200. The maximum atomic E-state index is 13.1. The molecule has 0 radical (unpaired) electrons. The molecule has 36 heavy (non-hydrogen) atoms. The third-order valence-electron chi connectivity index (χ3n) is 5.26. The van der Waals surface area contributed by atoms with Gasteiger partial charge in [0, 0.05) is 4.47 Å². The fourth-order valence-electron chi connectivity index (χ4n) is 3.46. The van der Waals surface area contributed by atoms with Crippen LogP contribution in [0.25, 0.3) is 6.08 Å². The summed E-state index contributed by atoms with van der Waals surface area (Å²) in [4.78, 5) is 51.4. The summed E-state index contributed by atoms with van der Waals surface area (Å²) in [5.74, 6) is -1.68. The molecule has 0 atom stereocenters. The molecule has 0 unspecified atom stereocenters. The molecule has 3 aromatic carbocycles. The number of esters is 1. The molecule has 4 amide bonds. The van der Waals surface area contributed by atoms with Gasteiger partial charge in [0.2, 0.25) is 0 Å². The first-order valence-corrected chi connectivity index (χ1v) is 11.8. The van der Waals surface area contributed by atoms with Gasteiger partial charge in [0.15, 0.2) is 11.5 Å². The predicted molar refractivity (Wildman–Crippen MR) is 137 cm³/mol. The van der Waals surface area contributed by atoms with Gasteiger partial charge in [-0.15, -0.1) is 0 Å². The van der Waals surface area contributed by atoms with Crippen molar-refractivity contribution in [2.45, 2.75) is 13.8 Å². The van der Waals surface area contributed by atoms with Gasteiger partial charge in [0.05, 0.1) is 17.9 Å². The van der Waals surface area contributed by atoms with Crippen molar-refractivity contribution >= 4 is 51.5 Å². The summed E-state index contributed by atoms with van der Waals surface area (Å²) < 4.78 is 11.9. The van der Waals surface area contributed by atoms with Gasteiger partial charge in [0.25, 0.3) is 11.8 Å². The molecule has 8 nitrogen and oxygen atoms in total. The Kier molecular flexibility index (Phi) is 7.30. The molecule has 1 aliphatic heterocycles. The van der Waals surface area contributed by atoms with Crippen LogP contribution in [0.3, 0.4) is 0 Å². The summed E-state index contributed by atoms with van der Waals surface area (Å²) in [6, 6.07) is 17.3. The van der Waals surface area contributed by atoms with E-state index in [2.05, 4.69) is 21.2 Å². The lowest BCUT2D eigenvalue weighted by Gasteiger charge is -2.26. The maximum absolute atomic E-state index is 13.1. The number of nitrogens with zero attached hydrogens (tertiary/aromatic N) is 1. The number of imide groups is 2. The van der Waals surface area contributed by atoms with Crippen molar-refractivity contribution < 1.29 is 28.7 Å². The molecular weight excluding hydrogens is 528 g/mol. The van der Waals surface area contributed by atoms with Crippen molar-refractivity contribution in [2.75, 3.05) is 11.5 Å². The van der Waals surface area contributed by atoms with Crippen molar-refractivity contribution in [1.29, 1.82) is 0 Å². The number of amides is 4. The van der Waals surface area contributed by atoms with Crippen LogP contribution in [-0.2, 0) is 9.59 Å². The zero-order valence-electron chi connectivity index (χ0n) is 19.4. The van der Waals surface area contributed by atoms with Crippen LogP contribution in [0.5, 0.6) is 11.5 Å². The number of barbiturate groups is 1. The fraction of sp³-hybridized carbons (Fsp3) is 0.111. The number of benzene rings is 3. The fourth-order valence-corrected chi connectivity index (χ4v) is 3.73. The molecule has 1 heterocycles. The number of hydrogen-bond donors (Lipinski definition) is 1. The van der Waals surface area contributed by atoms with E-state index < -0.39 is 23.8 Å². The number of urea groups is 1. The lowest BCUT2D eigenvalue weighted by atomic mass is 10.1. The second kappa shape index (κ2) is 10.6. The molecule has 9 heteroatoms. The van der Waals surface area contributed by atoms with Crippen LogP contribution >= 0.6 is 15.9 Å². The Bertz CT molecular complexity index is 1380. The SMILES string of the molecule is CCOc1cc(/C=C2\C(=O)NC(=O)N(c3ccc(Br)cc3)C2=O)ccc1OC(=O)c1ccc(C)cc1. The molecule has 4 rings (SSSR count). The molecule has 0 aromatic heterocycles. The third kappa shape index (κ3) is 5.36. The van der Waals surface area contributed by atoms with Crippen molar-refractivity contribution in [3.8, 4) is 11.5 Å². The van der Waals surface area contributed by atoms with Crippen LogP contribution in [0, 0.1) is 6.92 Å².